The van der Waals surface area contributed by atoms with Gasteiger partial charge in [-0.15, -0.1) is 0 Å². The van der Waals surface area contributed by atoms with Crippen LogP contribution in [0.15, 0.2) is 60.7 Å². The molecule has 0 aliphatic rings. The van der Waals surface area contributed by atoms with E-state index in [-0.39, 0.29) is 42.5 Å². The number of esters is 2. The fraction of sp³-hybridized carbons (Fsp3) is 0.387. The number of hydrogen-bond donors (Lipinski definition) is 3. The van der Waals surface area contributed by atoms with Crippen molar-refractivity contribution in [3.05, 3.63) is 77.6 Å². The van der Waals surface area contributed by atoms with Crippen molar-refractivity contribution >= 4 is 23.6 Å². The zero-order valence-electron chi connectivity index (χ0n) is 24.3. The molecule has 0 aliphatic heterocycles. The highest BCUT2D eigenvalue weighted by atomic mass is 16.5. The maximum atomic E-state index is 13.5. The Balaban J connectivity index is 1.83. The number of ketones is 1. The van der Waals surface area contributed by atoms with Gasteiger partial charge in [-0.2, -0.15) is 5.10 Å². The minimum atomic E-state index is -1.48. The molecular formula is C31H38N4O7. The monoisotopic (exact) mass is 578 g/mol. The van der Waals surface area contributed by atoms with Gasteiger partial charge in [0.05, 0.1) is 6.61 Å². The molecule has 0 bridgehead atoms. The van der Waals surface area contributed by atoms with Crippen molar-refractivity contribution in [2.45, 2.75) is 65.5 Å². The number of nitrogens with one attached hydrogen (secondary N) is 1. The zero-order chi connectivity index (χ0) is 30.8. The molecule has 3 aromatic rings. The number of carbonyl (C=O) groups is 4. The third-order valence-corrected chi connectivity index (χ3v) is 6.64. The summed E-state index contributed by atoms with van der Waals surface area (Å²) in [5.41, 5.74) is 8.73. The largest absolute Gasteiger partial charge is 0.464 e. The molecular weight excluding hydrogens is 540 g/mol. The molecule has 1 heterocycles. The Morgan fingerprint density at radius 1 is 0.976 bits per heavy atom. The van der Waals surface area contributed by atoms with Crippen LogP contribution in [0.25, 0.3) is 11.1 Å². The van der Waals surface area contributed by atoms with Crippen molar-refractivity contribution in [1.82, 2.24) is 15.1 Å². The van der Waals surface area contributed by atoms with Crippen LogP contribution in [0.3, 0.4) is 0 Å². The van der Waals surface area contributed by atoms with Gasteiger partial charge in [0.1, 0.15) is 17.4 Å². The first-order chi connectivity index (χ1) is 20.0. The van der Waals surface area contributed by atoms with E-state index in [0.717, 1.165) is 21.4 Å². The molecule has 1 amide bonds. The van der Waals surface area contributed by atoms with Crippen molar-refractivity contribution in [3.63, 3.8) is 0 Å². The number of amides is 1. The molecule has 0 aliphatic carbocycles. The Hall–Kier alpha value is -4.35. The van der Waals surface area contributed by atoms with Crippen molar-refractivity contribution in [2.75, 3.05) is 6.61 Å². The maximum absolute atomic E-state index is 13.5. The van der Waals surface area contributed by atoms with Crippen molar-refractivity contribution in [2.24, 2.45) is 11.7 Å². The summed E-state index contributed by atoms with van der Waals surface area (Å²) in [6.07, 6.45) is -1.32. The third-order valence-electron chi connectivity index (χ3n) is 6.64. The molecule has 3 atom stereocenters. The minimum Gasteiger partial charge on any atom is -0.464 e. The molecule has 0 radical (unpaired) electrons. The predicted molar refractivity (Wildman–Crippen MR) is 155 cm³/mol. The quantitative estimate of drug-likeness (QED) is 0.193. The van der Waals surface area contributed by atoms with Crippen LogP contribution >= 0.6 is 0 Å². The molecule has 2 unspecified atom stereocenters. The summed E-state index contributed by atoms with van der Waals surface area (Å²) in [5, 5.41) is 17.4. The molecule has 1 aromatic heterocycles. The van der Waals surface area contributed by atoms with Crippen LogP contribution in [0.5, 0.6) is 0 Å². The summed E-state index contributed by atoms with van der Waals surface area (Å²) >= 11 is 0. The van der Waals surface area contributed by atoms with Crippen LogP contribution in [0.2, 0.25) is 0 Å². The van der Waals surface area contributed by atoms with E-state index in [1.165, 1.54) is 13.0 Å². The number of rotatable bonds is 14. The Bertz CT molecular complexity index is 1370. The van der Waals surface area contributed by atoms with E-state index < -0.39 is 42.8 Å². The second kappa shape index (κ2) is 15.0. The van der Waals surface area contributed by atoms with Crippen LogP contribution in [0.1, 0.15) is 60.7 Å². The second-order valence-electron chi connectivity index (χ2n) is 10.3. The number of Topliss-reactive ketones (excluding diaryl/α,β-unsaturated/α-hetero) is 1. The topological polar surface area (TPSA) is 163 Å². The number of aromatic nitrogens is 2. The third kappa shape index (κ3) is 8.82. The van der Waals surface area contributed by atoms with Crippen LogP contribution in [0.4, 0.5) is 0 Å². The molecule has 2 aromatic carbocycles. The lowest BCUT2D eigenvalue weighted by Crippen LogP contribution is -2.42. The van der Waals surface area contributed by atoms with Gasteiger partial charge in [0.2, 0.25) is 0 Å². The van der Waals surface area contributed by atoms with E-state index in [1.54, 1.807) is 20.8 Å². The lowest BCUT2D eigenvalue weighted by atomic mass is 9.97. The van der Waals surface area contributed by atoms with Gasteiger partial charge in [0.25, 0.3) is 5.91 Å². The summed E-state index contributed by atoms with van der Waals surface area (Å²) in [6, 6.07) is 17.3. The molecule has 4 N–H and O–H groups in total. The Morgan fingerprint density at radius 3 is 2.21 bits per heavy atom. The van der Waals surface area contributed by atoms with Gasteiger partial charge >= 0.3 is 11.9 Å². The average Bonchev–Trinajstić information content (AvgIpc) is 3.41. The number of benzene rings is 2. The van der Waals surface area contributed by atoms with Crippen LogP contribution in [-0.2, 0) is 32.2 Å². The first-order valence-corrected chi connectivity index (χ1v) is 13.8. The van der Waals surface area contributed by atoms with Crippen LogP contribution in [-0.4, -0.2) is 63.3 Å². The van der Waals surface area contributed by atoms with E-state index in [4.69, 9.17) is 15.2 Å². The lowest BCUT2D eigenvalue weighted by molar-refractivity contribution is -0.153. The van der Waals surface area contributed by atoms with Gasteiger partial charge in [-0.1, -0.05) is 68.4 Å². The Kier molecular flexibility index (Phi) is 11.5. The van der Waals surface area contributed by atoms with Gasteiger partial charge in [-0.05, 0) is 36.0 Å². The highest BCUT2D eigenvalue weighted by Gasteiger charge is 2.27. The number of nitrogens with zero attached hydrogens (tertiary/aromatic N) is 2. The SMILES string of the molecule is CCOC(=O)C(O)C[C@@H](Cc1ccc(-c2ccccc2)cc1)NC(=O)c1cc(C(C)=O)nn1COC(=O)C(N)C(C)C. The predicted octanol–water partition coefficient (Wildman–Crippen LogP) is 2.89. The van der Waals surface area contributed by atoms with E-state index >= 15 is 0 Å². The summed E-state index contributed by atoms with van der Waals surface area (Å²) in [6.45, 7) is 6.13. The molecule has 3 rings (SSSR count). The fourth-order valence-electron chi connectivity index (χ4n) is 4.17. The van der Waals surface area contributed by atoms with E-state index in [1.807, 2.05) is 54.6 Å². The van der Waals surface area contributed by atoms with E-state index in [2.05, 4.69) is 10.4 Å². The second-order valence-corrected chi connectivity index (χ2v) is 10.3. The first-order valence-electron chi connectivity index (χ1n) is 13.8. The number of carbonyl (C=O) groups excluding carboxylic acids is 4. The van der Waals surface area contributed by atoms with Crippen molar-refractivity contribution < 1.29 is 33.8 Å². The summed E-state index contributed by atoms with van der Waals surface area (Å²) in [7, 11) is 0. The van der Waals surface area contributed by atoms with E-state index in [9.17, 15) is 24.3 Å². The van der Waals surface area contributed by atoms with Crippen LogP contribution < -0.4 is 11.1 Å². The summed E-state index contributed by atoms with van der Waals surface area (Å²) in [4.78, 5) is 49.9. The summed E-state index contributed by atoms with van der Waals surface area (Å²) in [5.74, 6) is -2.67. The minimum absolute atomic E-state index is 0.00367. The normalized spacial score (nSPS) is 13.2. The number of aliphatic hydroxyl groups is 1. The fourth-order valence-corrected chi connectivity index (χ4v) is 4.17. The molecule has 0 saturated carbocycles. The van der Waals surface area contributed by atoms with Crippen molar-refractivity contribution in [3.8, 4) is 11.1 Å². The van der Waals surface area contributed by atoms with E-state index in [0.29, 0.717) is 0 Å². The molecule has 0 saturated heterocycles. The first kappa shape index (κ1) is 32.2. The molecule has 0 spiro atoms. The Morgan fingerprint density at radius 2 is 1.62 bits per heavy atom. The smallest absolute Gasteiger partial charge is 0.335 e. The van der Waals surface area contributed by atoms with Gasteiger partial charge in [-0.25, -0.2) is 9.48 Å². The number of ether oxygens (including phenoxy) is 2. The highest BCUT2D eigenvalue weighted by molar-refractivity contribution is 5.98. The maximum Gasteiger partial charge on any atom is 0.335 e. The van der Waals surface area contributed by atoms with Crippen LogP contribution in [0, 0.1) is 5.92 Å². The molecule has 11 heteroatoms. The molecule has 42 heavy (non-hydrogen) atoms. The van der Waals surface area contributed by atoms with Gasteiger partial charge in [0.15, 0.2) is 18.6 Å². The van der Waals surface area contributed by atoms with Gasteiger partial charge in [-0.3, -0.25) is 14.4 Å². The van der Waals surface area contributed by atoms with Gasteiger partial charge < -0.3 is 25.6 Å². The number of hydrogen-bond acceptors (Lipinski definition) is 9. The molecule has 224 valence electrons. The zero-order valence-corrected chi connectivity index (χ0v) is 24.3. The molecule has 11 nitrogen and oxygen atoms in total. The highest BCUT2D eigenvalue weighted by Crippen LogP contribution is 2.20. The summed E-state index contributed by atoms with van der Waals surface area (Å²) < 4.78 is 11.3. The molecule has 0 fully saturated rings. The number of aliphatic hydroxyl groups excluding tert-OH is 1. The lowest BCUT2D eigenvalue weighted by Gasteiger charge is -2.22. The number of nitrogens with two attached hydrogens (primary N) is 1. The average molecular weight is 579 g/mol. The van der Waals surface area contributed by atoms with Crippen molar-refractivity contribution in [1.29, 1.82) is 0 Å². The van der Waals surface area contributed by atoms with Gasteiger partial charge in [0, 0.05) is 25.5 Å². The standard InChI is InChI=1S/C31H38N4O7/c1-5-41-30(39)27(37)16-24(15-21-11-13-23(14-12-21)22-9-7-6-8-10-22)33-29(38)26-17-25(20(4)36)34-35(26)18-42-31(40)28(32)19(2)3/h6-14,17,19,24,27-28,37H,5,15-16,18,32H2,1-4H3,(H,33,38)/t24-,27?,28?/m1/s1. The Labute approximate surface area is 245 Å².